The van der Waals surface area contributed by atoms with Crippen LogP contribution in [0.5, 0.6) is 0 Å². The Morgan fingerprint density at radius 1 is 1.24 bits per heavy atom. The maximum atomic E-state index is 5.61. The number of ether oxygens (including phenoxy) is 2. The van der Waals surface area contributed by atoms with Crippen LogP contribution in [-0.4, -0.2) is 77.1 Å². The third-order valence-corrected chi connectivity index (χ3v) is 3.86. The van der Waals surface area contributed by atoms with Crippen molar-refractivity contribution in [1.82, 2.24) is 15.5 Å². The molecule has 0 aromatic heterocycles. The van der Waals surface area contributed by atoms with Crippen molar-refractivity contribution in [2.45, 2.75) is 19.3 Å². The van der Waals surface area contributed by atoms with E-state index in [1.807, 2.05) is 7.05 Å². The summed E-state index contributed by atoms with van der Waals surface area (Å²) in [5, 5.41) is 6.68. The van der Waals surface area contributed by atoms with E-state index in [1.165, 1.54) is 12.8 Å². The number of hydrogen-bond acceptors (Lipinski definition) is 4. The van der Waals surface area contributed by atoms with E-state index in [-0.39, 0.29) is 0 Å². The van der Waals surface area contributed by atoms with E-state index in [0.717, 1.165) is 77.4 Å². The lowest BCUT2D eigenvalue weighted by Crippen LogP contribution is -2.44. The van der Waals surface area contributed by atoms with E-state index in [1.54, 1.807) is 0 Å². The summed E-state index contributed by atoms with van der Waals surface area (Å²) >= 11 is 0. The highest BCUT2D eigenvalue weighted by Gasteiger charge is 2.20. The van der Waals surface area contributed by atoms with Gasteiger partial charge in [0, 0.05) is 53.0 Å². The molecule has 2 aliphatic rings. The molecule has 2 N–H and O–H groups in total. The molecule has 122 valence electrons. The van der Waals surface area contributed by atoms with Crippen molar-refractivity contribution < 1.29 is 9.47 Å². The van der Waals surface area contributed by atoms with Crippen LogP contribution < -0.4 is 10.6 Å². The second-order valence-electron chi connectivity index (χ2n) is 5.75. The van der Waals surface area contributed by atoms with Gasteiger partial charge in [0.15, 0.2) is 5.96 Å². The third-order valence-electron chi connectivity index (χ3n) is 3.86. The van der Waals surface area contributed by atoms with Crippen LogP contribution in [0.15, 0.2) is 4.99 Å². The Kier molecular flexibility index (Phi) is 7.85. The first-order chi connectivity index (χ1) is 10.4. The SMILES string of the molecule is CN=C(NCCCOCC1CC1)NCCN1CCOCC1. The van der Waals surface area contributed by atoms with Gasteiger partial charge in [-0.25, -0.2) is 0 Å². The molecule has 0 aromatic rings. The van der Waals surface area contributed by atoms with Gasteiger partial charge in [0.2, 0.25) is 0 Å². The number of hydrogen-bond donors (Lipinski definition) is 2. The standard InChI is InChI=1S/C15H30N4O2/c1-16-15(17-5-2-10-21-13-14-3-4-14)18-6-7-19-8-11-20-12-9-19/h14H,2-13H2,1H3,(H2,16,17,18). The highest BCUT2D eigenvalue weighted by Crippen LogP contribution is 2.28. The van der Waals surface area contributed by atoms with Crippen LogP contribution >= 0.6 is 0 Å². The minimum absolute atomic E-state index is 0.842. The third kappa shape index (κ3) is 7.64. The largest absolute Gasteiger partial charge is 0.381 e. The fourth-order valence-corrected chi connectivity index (χ4v) is 2.29. The van der Waals surface area contributed by atoms with E-state index >= 15 is 0 Å². The minimum atomic E-state index is 0.842. The zero-order valence-electron chi connectivity index (χ0n) is 13.3. The summed E-state index contributed by atoms with van der Waals surface area (Å²) in [6.45, 7) is 8.43. The van der Waals surface area contributed by atoms with Gasteiger partial charge < -0.3 is 20.1 Å². The van der Waals surface area contributed by atoms with Crippen LogP contribution in [0.4, 0.5) is 0 Å². The van der Waals surface area contributed by atoms with Gasteiger partial charge in [-0.1, -0.05) is 0 Å². The average molecular weight is 298 g/mol. The normalized spacial score (nSPS) is 20.5. The molecule has 1 aliphatic carbocycles. The van der Waals surface area contributed by atoms with Crippen molar-refractivity contribution in [1.29, 1.82) is 0 Å². The molecule has 1 heterocycles. The summed E-state index contributed by atoms with van der Waals surface area (Å²) in [5.41, 5.74) is 0. The van der Waals surface area contributed by atoms with Gasteiger partial charge in [-0.15, -0.1) is 0 Å². The Morgan fingerprint density at radius 2 is 2.00 bits per heavy atom. The number of guanidine groups is 1. The monoisotopic (exact) mass is 298 g/mol. The van der Waals surface area contributed by atoms with Gasteiger partial charge in [-0.2, -0.15) is 0 Å². The fourth-order valence-electron chi connectivity index (χ4n) is 2.29. The summed E-state index contributed by atoms with van der Waals surface area (Å²) in [5.74, 6) is 1.73. The lowest BCUT2D eigenvalue weighted by Gasteiger charge is -2.26. The molecule has 21 heavy (non-hydrogen) atoms. The lowest BCUT2D eigenvalue weighted by atomic mass is 10.4. The lowest BCUT2D eigenvalue weighted by molar-refractivity contribution is 0.0389. The Labute approximate surface area is 128 Å². The van der Waals surface area contributed by atoms with Gasteiger partial charge >= 0.3 is 0 Å². The molecular weight excluding hydrogens is 268 g/mol. The van der Waals surface area contributed by atoms with Crippen molar-refractivity contribution in [2.75, 3.05) is 66.2 Å². The topological polar surface area (TPSA) is 58.1 Å². The quantitative estimate of drug-likeness (QED) is 0.364. The first-order valence-corrected chi connectivity index (χ1v) is 8.21. The van der Waals surface area contributed by atoms with Crippen LogP contribution in [-0.2, 0) is 9.47 Å². The van der Waals surface area contributed by atoms with E-state index < -0.39 is 0 Å². The number of rotatable bonds is 9. The molecule has 1 saturated carbocycles. The molecular formula is C15H30N4O2. The van der Waals surface area contributed by atoms with Crippen LogP contribution in [0.25, 0.3) is 0 Å². The first-order valence-electron chi connectivity index (χ1n) is 8.21. The number of nitrogens with one attached hydrogen (secondary N) is 2. The van der Waals surface area contributed by atoms with Gasteiger partial charge in [0.25, 0.3) is 0 Å². The van der Waals surface area contributed by atoms with Crippen LogP contribution in [0.1, 0.15) is 19.3 Å². The van der Waals surface area contributed by atoms with Crippen LogP contribution in [0.3, 0.4) is 0 Å². The molecule has 1 saturated heterocycles. The highest BCUT2D eigenvalue weighted by atomic mass is 16.5. The Hall–Kier alpha value is -0.850. The molecule has 0 spiro atoms. The maximum Gasteiger partial charge on any atom is 0.191 e. The van der Waals surface area contributed by atoms with Crippen molar-refractivity contribution in [3.63, 3.8) is 0 Å². The maximum absolute atomic E-state index is 5.61. The average Bonchev–Trinajstić information content (AvgIpc) is 3.34. The molecule has 0 amide bonds. The van der Waals surface area contributed by atoms with Crippen LogP contribution in [0, 0.1) is 5.92 Å². The van der Waals surface area contributed by atoms with E-state index in [9.17, 15) is 0 Å². The summed E-state index contributed by atoms with van der Waals surface area (Å²) in [6.07, 6.45) is 3.74. The Morgan fingerprint density at radius 3 is 2.71 bits per heavy atom. The smallest absolute Gasteiger partial charge is 0.191 e. The Balaban J connectivity index is 1.43. The highest BCUT2D eigenvalue weighted by molar-refractivity contribution is 5.79. The van der Waals surface area contributed by atoms with Crippen molar-refractivity contribution in [3.8, 4) is 0 Å². The second kappa shape index (κ2) is 9.97. The van der Waals surface area contributed by atoms with E-state index in [0.29, 0.717) is 0 Å². The molecule has 0 atom stereocenters. The molecule has 6 heteroatoms. The molecule has 2 rings (SSSR count). The number of aliphatic imine (C=N–C) groups is 1. The van der Waals surface area contributed by atoms with E-state index in [4.69, 9.17) is 9.47 Å². The van der Waals surface area contributed by atoms with Gasteiger partial charge in [0.05, 0.1) is 13.2 Å². The fraction of sp³-hybridized carbons (Fsp3) is 0.933. The number of nitrogens with zero attached hydrogens (tertiary/aromatic N) is 2. The number of morpholine rings is 1. The minimum Gasteiger partial charge on any atom is -0.381 e. The predicted octanol–water partition coefficient (Wildman–Crippen LogP) is 0.300. The summed E-state index contributed by atoms with van der Waals surface area (Å²) in [6, 6.07) is 0. The van der Waals surface area contributed by atoms with E-state index in [2.05, 4.69) is 20.5 Å². The zero-order valence-corrected chi connectivity index (χ0v) is 13.3. The van der Waals surface area contributed by atoms with Gasteiger partial charge in [0.1, 0.15) is 0 Å². The molecule has 0 bridgehead atoms. The molecule has 2 fully saturated rings. The van der Waals surface area contributed by atoms with Crippen molar-refractivity contribution in [3.05, 3.63) is 0 Å². The van der Waals surface area contributed by atoms with Crippen molar-refractivity contribution >= 4 is 5.96 Å². The molecule has 1 aliphatic heterocycles. The first kappa shape index (κ1) is 16.5. The molecule has 6 nitrogen and oxygen atoms in total. The summed E-state index contributed by atoms with van der Waals surface area (Å²) in [7, 11) is 1.81. The second-order valence-corrected chi connectivity index (χ2v) is 5.75. The molecule has 0 aromatic carbocycles. The van der Waals surface area contributed by atoms with Crippen LogP contribution in [0.2, 0.25) is 0 Å². The predicted molar refractivity (Wildman–Crippen MR) is 84.8 cm³/mol. The molecule has 0 unspecified atom stereocenters. The van der Waals surface area contributed by atoms with Crippen molar-refractivity contribution in [2.24, 2.45) is 10.9 Å². The van der Waals surface area contributed by atoms with Gasteiger partial charge in [-0.05, 0) is 25.2 Å². The molecule has 0 radical (unpaired) electrons. The Bertz CT molecular complexity index is 302. The zero-order chi connectivity index (χ0) is 14.8. The summed E-state index contributed by atoms with van der Waals surface area (Å²) < 4.78 is 11.0. The van der Waals surface area contributed by atoms with Gasteiger partial charge in [-0.3, -0.25) is 9.89 Å². The summed E-state index contributed by atoms with van der Waals surface area (Å²) in [4.78, 5) is 6.65.